The summed E-state index contributed by atoms with van der Waals surface area (Å²) in [7, 11) is 4.18. The molecule has 6 fully saturated rings. The van der Waals surface area contributed by atoms with Crippen LogP contribution in [0, 0.1) is 68.0 Å². The largest absolute Gasteiger partial charge is 0.481 e. The number of carbonyl (C=O) groups is 4. The number of carboxylic acid groups (broad SMARTS) is 1. The molecule has 0 unspecified atom stereocenters. The van der Waals surface area contributed by atoms with E-state index in [1.165, 1.54) is 5.57 Å². The Morgan fingerprint density at radius 1 is 0.836 bits per heavy atom. The predicted octanol–water partition coefficient (Wildman–Crippen LogP) is 12.2. The summed E-state index contributed by atoms with van der Waals surface area (Å²) in [6, 6.07) is 19.8. The maximum Gasteiger partial charge on any atom is 0.318 e. The molecule has 11 atom stereocenters. The second-order valence-electron chi connectivity index (χ2n) is 26.6. The van der Waals surface area contributed by atoms with Crippen LogP contribution < -0.4 is 5.32 Å². The van der Waals surface area contributed by atoms with Crippen LogP contribution in [0.5, 0.6) is 0 Å². The number of urea groups is 1. The molecule has 1 aliphatic heterocycles. The van der Waals surface area contributed by atoms with Gasteiger partial charge in [0.15, 0.2) is 5.78 Å². The van der Waals surface area contributed by atoms with Crippen molar-refractivity contribution in [1.82, 2.24) is 24.7 Å². The molecule has 394 valence electrons. The molecule has 1 aromatic heterocycles. The van der Waals surface area contributed by atoms with Crippen LogP contribution in [0.15, 0.2) is 78.0 Å². The minimum absolute atomic E-state index is 0.0184. The second-order valence-corrected chi connectivity index (χ2v) is 26.6. The topological polar surface area (TPSA) is 134 Å². The molecule has 0 bridgehead atoms. The van der Waals surface area contributed by atoms with Gasteiger partial charge in [-0.1, -0.05) is 123 Å². The van der Waals surface area contributed by atoms with Crippen molar-refractivity contribution in [3.63, 3.8) is 0 Å². The van der Waals surface area contributed by atoms with Crippen LogP contribution >= 0.6 is 0 Å². The highest BCUT2D eigenvalue weighted by Crippen LogP contribution is 2.79. The third kappa shape index (κ3) is 7.66. The first-order valence-electron chi connectivity index (χ1n) is 28.0. The van der Waals surface area contributed by atoms with Gasteiger partial charge in [-0.05, 0) is 164 Å². The number of carbonyl (C=O) groups excluding carboxylic acids is 3. The van der Waals surface area contributed by atoms with Crippen molar-refractivity contribution in [1.29, 1.82) is 0 Å². The lowest BCUT2D eigenvalue weighted by Crippen LogP contribution is -2.71. The number of nitrogens with zero attached hydrogens (tertiary/aromatic N) is 4. The Labute approximate surface area is 435 Å². The highest BCUT2D eigenvalue weighted by atomic mass is 16.5. The SMILES string of the molecule is CC(C)C1=C2[C@H]3CC[C@@H]4[C@]5(C)CC[C@H]([C@@]6(C(=O)O)C[C@@H](C(=O)OCc7ccccc7)C6(C)C)C(C)(C)[C@H]5CC[C@@]4(C)[C@]3(C)CC[C@@]2(NC(=O)N2CCC[C@H]2c2ncc(-c3ccccc3)n2CCN(C)C)CC1=O. The summed E-state index contributed by atoms with van der Waals surface area (Å²) in [5, 5.41) is 15.1. The zero-order chi connectivity index (χ0) is 52.3. The molecule has 0 radical (unpaired) electrons. The van der Waals surface area contributed by atoms with Crippen molar-refractivity contribution < 1.29 is 29.0 Å². The van der Waals surface area contributed by atoms with Gasteiger partial charge in [0.1, 0.15) is 12.4 Å². The highest BCUT2D eigenvalue weighted by molar-refractivity contribution is 6.02. The van der Waals surface area contributed by atoms with Crippen molar-refractivity contribution in [2.24, 2.45) is 68.0 Å². The second kappa shape index (κ2) is 18.2. The Morgan fingerprint density at radius 3 is 2.18 bits per heavy atom. The van der Waals surface area contributed by atoms with Crippen molar-refractivity contribution in [2.75, 3.05) is 27.2 Å². The van der Waals surface area contributed by atoms with Crippen LogP contribution in [0.1, 0.15) is 157 Å². The number of allylic oxidation sites excluding steroid dienone is 1. The third-order valence-corrected chi connectivity index (χ3v) is 22.4. The average molecular weight is 996 g/mol. The summed E-state index contributed by atoms with van der Waals surface area (Å²) in [6.45, 7) is 23.2. The van der Waals surface area contributed by atoms with Gasteiger partial charge in [0.2, 0.25) is 0 Å². The van der Waals surface area contributed by atoms with Crippen LogP contribution in [0.3, 0.4) is 0 Å². The lowest BCUT2D eigenvalue weighted by Gasteiger charge is -2.74. The molecule has 2 aromatic carbocycles. The molecule has 3 aromatic rings. The molecule has 10 rings (SSSR count). The third-order valence-electron chi connectivity index (χ3n) is 22.4. The first-order chi connectivity index (χ1) is 34.5. The number of hydrogen-bond donors (Lipinski definition) is 2. The summed E-state index contributed by atoms with van der Waals surface area (Å²) in [5.41, 5.74) is 2.28. The van der Waals surface area contributed by atoms with Gasteiger partial charge in [-0.2, -0.15) is 0 Å². The van der Waals surface area contributed by atoms with Gasteiger partial charge in [-0.15, -0.1) is 0 Å². The number of nitrogens with one attached hydrogen (secondary N) is 1. The van der Waals surface area contributed by atoms with E-state index in [-0.39, 0.29) is 69.8 Å². The smallest absolute Gasteiger partial charge is 0.318 e. The molecular weight excluding hydrogens is 911 g/mol. The van der Waals surface area contributed by atoms with E-state index >= 15 is 4.79 Å². The van der Waals surface area contributed by atoms with Gasteiger partial charge >= 0.3 is 18.0 Å². The molecule has 1 saturated heterocycles. The highest BCUT2D eigenvalue weighted by Gasteiger charge is 2.76. The van der Waals surface area contributed by atoms with Gasteiger partial charge in [-0.3, -0.25) is 14.4 Å². The molecule has 0 spiro atoms. The number of carboxylic acids is 1. The van der Waals surface area contributed by atoms with Gasteiger partial charge in [0.25, 0.3) is 0 Å². The number of Topliss-reactive ketones (excluding diaryl/α,β-unsaturated/α-hetero) is 1. The van der Waals surface area contributed by atoms with E-state index < -0.39 is 28.3 Å². The fourth-order valence-corrected chi connectivity index (χ4v) is 18.6. The number of benzene rings is 2. The number of likely N-dealkylation sites (N-methyl/N-ethyl adjacent to an activating group) is 1. The number of rotatable bonds is 12. The quantitative estimate of drug-likeness (QED) is 0.171. The normalized spacial score (nSPS) is 36.2. The van der Waals surface area contributed by atoms with Crippen LogP contribution in [0.2, 0.25) is 0 Å². The molecule has 6 aliphatic carbocycles. The monoisotopic (exact) mass is 996 g/mol. The molecule has 7 aliphatic rings. The number of imidazole rings is 1. The lowest BCUT2D eigenvalue weighted by molar-refractivity contribution is -0.261. The first-order valence-corrected chi connectivity index (χ1v) is 28.0. The molecule has 73 heavy (non-hydrogen) atoms. The molecule has 2 amide bonds. The van der Waals surface area contributed by atoms with Crippen molar-refractivity contribution in [3.05, 3.63) is 89.4 Å². The zero-order valence-electron chi connectivity index (χ0n) is 46.0. The Kier molecular flexibility index (Phi) is 12.9. The van der Waals surface area contributed by atoms with Gasteiger partial charge < -0.3 is 29.5 Å². The first kappa shape index (κ1) is 51.7. The van der Waals surface area contributed by atoms with E-state index in [2.05, 4.69) is 102 Å². The van der Waals surface area contributed by atoms with E-state index in [1.54, 1.807) is 0 Å². The van der Waals surface area contributed by atoms with Crippen LogP contribution in [0.25, 0.3) is 11.3 Å². The Morgan fingerprint density at radius 2 is 1.52 bits per heavy atom. The van der Waals surface area contributed by atoms with Crippen molar-refractivity contribution in [2.45, 2.75) is 164 Å². The van der Waals surface area contributed by atoms with E-state index in [9.17, 15) is 19.5 Å². The number of hydrogen-bond acceptors (Lipinski definition) is 7. The van der Waals surface area contributed by atoms with Crippen LogP contribution in [0.4, 0.5) is 4.79 Å². The number of likely N-dealkylation sites (tertiary alicyclic amines) is 1. The van der Waals surface area contributed by atoms with Crippen LogP contribution in [-0.2, 0) is 32.3 Å². The minimum atomic E-state index is -1.04. The molecule has 2 N–H and O–H groups in total. The fraction of sp³-hybridized carbons (Fsp3) is 0.661. The summed E-state index contributed by atoms with van der Waals surface area (Å²) >= 11 is 0. The predicted molar refractivity (Wildman–Crippen MR) is 285 cm³/mol. The number of esters is 1. The number of ether oxygens (including phenoxy) is 1. The van der Waals surface area contributed by atoms with E-state index in [0.29, 0.717) is 31.2 Å². The van der Waals surface area contributed by atoms with E-state index in [1.807, 2.05) is 61.3 Å². The summed E-state index contributed by atoms with van der Waals surface area (Å²) in [5.74, 6) is 0.400. The van der Waals surface area contributed by atoms with Gasteiger partial charge in [0.05, 0.1) is 34.8 Å². The lowest BCUT2D eigenvalue weighted by atomic mass is 9.30. The van der Waals surface area contributed by atoms with Gasteiger partial charge in [-0.25, -0.2) is 9.78 Å². The Hall–Kier alpha value is -4.77. The molecule has 11 nitrogen and oxygen atoms in total. The number of aromatic nitrogens is 2. The van der Waals surface area contributed by atoms with E-state index in [0.717, 1.165) is 106 Å². The van der Waals surface area contributed by atoms with E-state index in [4.69, 9.17) is 9.72 Å². The maximum absolute atomic E-state index is 15.2. The number of amides is 2. The van der Waals surface area contributed by atoms with Crippen molar-refractivity contribution >= 4 is 23.8 Å². The molecular formula is C62H85N5O6. The fourth-order valence-electron chi connectivity index (χ4n) is 18.6. The minimum Gasteiger partial charge on any atom is -0.481 e. The number of ketones is 1. The Bertz CT molecular complexity index is 2670. The average Bonchev–Trinajstić information content (AvgIpc) is 4.07. The standard InChI is InChI=1S/C62H85N5O6/c1-39(2)50-46(68)36-61(64-55(72)67-32-18-23-44(67)52-63-37-45(41-21-16-13-17-22-41)66(52)34-33-65(10)11)31-30-59(8)42(51(50)61)24-25-49-58(7)28-26-48(56(3,4)47(58)27-29-60(49,59)9)62(54(70)71)35-43(57(62,5)6)53(69)73-38-40-19-14-12-15-20-40/h12-17,19-22,37,39,42-44,47-49H,18,23-36,38H2,1-11H3,(H,64,72)(H,70,71)/t42-,43+,44+,47-,48+,49-,58-,59-,60-,61-,62-/m1/s1. The Balaban J connectivity index is 0.909. The summed E-state index contributed by atoms with van der Waals surface area (Å²) in [6.07, 6.45) is 11.8. The molecule has 5 saturated carbocycles. The number of fused-ring (bicyclic) bond motifs is 7. The summed E-state index contributed by atoms with van der Waals surface area (Å²) in [4.78, 5) is 66.7. The molecule has 2 heterocycles. The van der Waals surface area contributed by atoms with Crippen molar-refractivity contribution in [3.8, 4) is 11.3 Å². The van der Waals surface area contributed by atoms with Crippen LogP contribution in [-0.4, -0.2) is 80.9 Å². The molecule has 11 heteroatoms. The zero-order valence-corrected chi connectivity index (χ0v) is 46.0. The van der Waals surface area contributed by atoms with Gasteiger partial charge in [0, 0.05) is 26.1 Å². The maximum atomic E-state index is 15.2. The number of aliphatic carboxylic acids is 1. The summed E-state index contributed by atoms with van der Waals surface area (Å²) < 4.78 is 8.19.